The minimum Gasteiger partial charge on any atom is -0.497 e. The van der Waals surface area contributed by atoms with Crippen LogP contribution in [0.5, 0.6) is 5.75 Å². The summed E-state index contributed by atoms with van der Waals surface area (Å²) in [6.07, 6.45) is 3.22. The van der Waals surface area contributed by atoms with Crippen molar-refractivity contribution in [1.82, 2.24) is 15.1 Å². The van der Waals surface area contributed by atoms with Gasteiger partial charge in [-0.3, -0.25) is 4.79 Å². The molecule has 144 valence electrons. The van der Waals surface area contributed by atoms with Gasteiger partial charge in [-0.15, -0.1) is 0 Å². The standard InChI is InChI=1S/C20H20N4O4/c1-27-16-7-4-13(5-8-16)18-22-19(28-23-18)14-6-9-17(21-11-14)24-10-2-3-15(12-24)20(25)26/h4-9,11,15H,2-3,10,12H2,1H3,(H,25,26). The molecule has 1 atom stereocenters. The molecule has 0 bridgehead atoms. The van der Waals surface area contributed by atoms with E-state index in [9.17, 15) is 9.90 Å². The highest BCUT2D eigenvalue weighted by molar-refractivity contribution is 5.71. The van der Waals surface area contributed by atoms with Crippen LogP contribution < -0.4 is 9.64 Å². The zero-order valence-corrected chi connectivity index (χ0v) is 15.4. The fourth-order valence-corrected chi connectivity index (χ4v) is 3.28. The van der Waals surface area contributed by atoms with E-state index in [0.29, 0.717) is 30.2 Å². The van der Waals surface area contributed by atoms with Crippen LogP contribution in [0.15, 0.2) is 47.1 Å². The first-order valence-corrected chi connectivity index (χ1v) is 9.06. The third-order valence-corrected chi connectivity index (χ3v) is 4.86. The first kappa shape index (κ1) is 18.0. The van der Waals surface area contributed by atoms with Gasteiger partial charge in [-0.25, -0.2) is 4.98 Å². The molecule has 1 saturated heterocycles. The number of piperidine rings is 1. The van der Waals surface area contributed by atoms with E-state index in [2.05, 4.69) is 15.1 Å². The maximum Gasteiger partial charge on any atom is 0.308 e. The number of nitrogens with zero attached hydrogens (tertiary/aromatic N) is 4. The van der Waals surface area contributed by atoms with Crippen molar-refractivity contribution in [2.75, 3.05) is 25.1 Å². The van der Waals surface area contributed by atoms with E-state index in [0.717, 1.165) is 30.1 Å². The summed E-state index contributed by atoms with van der Waals surface area (Å²) < 4.78 is 10.5. The maximum absolute atomic E-state index is 11.2. The molecule has 1 aliphatic rings. The van der Waals surface area contributed by atoms with Crippen molar-refractivity contribution in [3.63, 3.8) is 0 Å². The van der Waals surface area contributed by atoms with Crippen LogP contribution in [-0.4, -0.2) is 46.4 Å². The molecule has 0 spiro atoms. The third-order valence-electron chi connectivity index (χ3n) is 4.86. The van der Waals surface area contributed by atoms with Gasteiger partial charge in [0.25, 0.3) is 5.89 Å². The number of rotatable bonds is 5. The second-order valence-corrected chi connectivity index (χ2v) is 6.68. The van der Waals surface area contributed by atoms with Crippen LogP contribution in [0.4, 0.5) is 5.82 Å². The lowest BCUT2D eigenvalue weighted by Gasteiger charge is -2.31. The number of methoxy groups -OCH3 is 1. The van der Waals surface area contributed by atoms with Gasteiger partial charge in [0.2, 0.25) is 5.82 Å². The molecule has 8 nitrogen and oxygen atoms in total. The zero-order valence-electron chi connectivity index (χ0n) is 15.4. The monoisotopic (exact) mass is 380 g/mol. The van der Waals surface area contributed by atoms with E-state index in [4.69, 9.17) is 9.26 Å². The van der Waals surface area contributed by atoms with Crippen molar-refractivity contribution < 1.29 is 19.2 Å². The number of aliphatic carboxylic acids is 1. The minimum atomic E-state index is -0.752. The van der Waals surface area contributed by atoms with Crippen LogP contribution in [0, 0.1) is 5.92 Å². The van der Waals surface area contributed by atoms with Gasteiger partial charge in [-0.1, -0.05) is 5.16 Å². The molecule has 1 N–H and O–H groups in total. The highest BCUT2D eigenvalue weighted by Gasteiger charge is 2.26. The van der Waals surface area contributed by atoms with Crippen molar-refractivity contribution in [1.29, 1.82) is 0 Å². The van der Waals surface area contributed by atoms with Crippen molar-refractivity contribution in [3.8, 4) is 28.6 Å². The Hall–Kier alpha value is -3.42. The molecule has 4 rings (SSSR count). The molecule has 0 saturated carbocycles. The predicted octanol–water partition coefficient (Wildman–Crippen LogP) is 3.11. The largest absolute Gasteiger partial charge is 0.497 e. The number of benzene rings is 1. The Morgan fingerprint density at radius 3 is 2.68 bits per heavy atom. The summed E-state index contributed by atoms with van der Waals surface area (Å²) >= 11 is 0. The quantitative estimate of drug-likeness (QED) is 0.720. The number of aromatic nitrogens is 3. The molecule has 1 unspecified atom stereocenters. The number of pyridine rings is 1. The van der Waals surface area contributed by atoms with Crippen molar-refractivity contribution >= 4 is 11.8 Å². The Kier molecular flexibility index (Phi) is 4.92. The summed E-state index contributed by atoms with van der Waals surface area (Å²) in [4.78, 5) is 22.1. The molecule has 2 aromatic heterocycles. The average Bonchev–Trinajstić information content (AvgIpc) is 3.24. The molecule has 0 radical (unpaired) electrons. The molecule has 8 heteroatoms. The van der Waals surface area contributed by atoms with Gasteiger partial charge in [-0.05, 0) is 49.2 Å². The minimum absolute atomic E-state index is 0.349. The zero-order chi connectivity index (χ0) is 19.5. The summed E-state index contributed by atoms with van der Waals surface area (Å²) in [5, 5.41) is 13.3. The van der Waals surface area contributed by atoms with Crippen molar-refractivity contribution in [2.24, 2.45) is 5.92 Å². The number of carboxylic acids is 1. The molecule has 1 aromatic carbocycles. The van der Waals surface area contributed by atoms with Crippen molar-refractivity contribution in [3.05, 3.63) is 42.6 Å². The van der Waals surface area contributed by atoms with Gasteiger partial charge in [0.1, 0.15) is 11.6 Å². The molecular weight excluding hydrogens is 360 g/mol. The molecule has 3 heterocycles. The van der Waals surface area contributed by atoms with Crippen LogP contribution in [0.3, 0.4) is 0 Å². The fourth-order valence-electron chi connectivity index (χ4n) is 3.28. The highest BCUT2D eigenvalue weighted by Crippen LogP contribution is 2.26. The lowest BCUT2D eigenvalue weighted by molar-refractivity contribution is -0.141. The van der Waals surface area contributed by atoms with Gasteiger partial charge in [0.05, 0.1) is 18.6 Å². The van der Waals surface area contributed by atoms with Gasteiger partial charge >= 0.3 is 5.97 Å². The SMILES string of the molecule is COc1ccc(-c2noc(-c3ccc(N4CCCC(C(=O)O)C4)nc3)n2)cc1. The highest BCUT2D eigenvalue weighted by atomic mass is 16.5. The number of hydrogen-bond donors (Lipinski definition) is 1. The van der Waals surface area contributed by atoms with Crippen LogP contribution >= 0.6 is 0 Å². The number of ether oxygens (including phenoxy) is 1. The first-order chi connectivity index (χ1) is 13.6. The topological polar surface area (TPSA) is 102 Å². The molecule has 0 amide bonds. The number of carbonyl (C=O) groups is 1. The molecule has 1 aliphatic heterocycles. The molecule has 0 aliphatic carbocycles. The summed E-state index contributed by atoms with van der Waals surface area (Å²) in [5.41, 5.74) is 1.54. The normalized spacial score (nSPS) is 16.8. The average molecular weight is 380 g/mol. The Balaban J connectivity index is 1.50. The lowest BCUT2D eigenvalue weighted by Crippen LogP contribution is -2.39. The van der Waals surface area contributed by atoms with Gasteiger partial charge < -0.3 is 19.3 Å². The summed E-state index contributed by atoms with van der Waals surface area (Å²) in [6.45, 7) is 1.28. The van der Waals surface area contributed by atoms with Crippen molar-refractivity contribution in [2.45, 2.75) is 12.8 Å². The van der Waals surface area contributed by atoms with Gasteiger partial charge in [0, 0.05) is 24.8 Å². The van der Waals surface area contributed by atoms with Gasteiger partial charge in [0.15, 0.2) is 0 Å². The number of hydrogen-bond acceptors (Lipinski definition) is 7. The second kappa shape index (κ2) is 7.67. The molecule has 28 heavy (non-hydrogen) atoms. The number of anilines is 1. The van der Waals surface area contributed by atoms with E-state index in [-0.39, 0.29) is 5.92 Å². The molecule has 1 fully saturated rings. The van der Waals surface area contributed by atoms with Crippen LogP contribution in [0.1, 0.15) is 12.8 Å². The predicted molar refractivity (Wildman–Crippen MR) is 102 cm³/mol. The Labute approximate surface area is 161 Å². The van der Waals surface area contributed by atoms with E-state index in [1.165, 1.54) is 0 Å². The van der Waals surface area contributed by atoms with Gasteiger partial charge in [-0.2, -0.15) is 4.98 Å². The van der Waals surface area contributed by atoms with E-state index in [1.54, 1.807) is 13.3 Å². The van der Waals surface area contributed by atoms with E-state index in [1.807, 2.05) is 41.3 Å². The smallest absolute Gasteiger partial charge is 0.308 e. The molecular formula is C20H20N4O4. The summed E-state index contributed by atoms with van der Waals surface area (Å²) in [7, 11) is 1.61. The molecule has 3 aromatic rings. The number of carboxylic acid groups (broad SMARTS) is 1. The van der Waals surface area contributed by atoms with Crippen LogP contribution in [-0.2, 0) is 4.79 Å². The fraction of sp³-hybridized carbons (Fsp3) is 0.300. The lowest BCUT2D eigenvalue weighted by atomic mass is 9.98. The maximum atomic E-state index is 11.2. The Morgan fingerprint density at radius 1 is 1.21 bits per heavy atom. The van der Waals surface area contributed by atoms with E-state index >= 15 is 0 Å². The first-order valence-electron chi connectivity index (χ1n) is 9.06. The summed E-state index contributed by atoms with van der Waals surface area (Å²) in [6, 6.07) is 11.1. The second-order valence-electron chi connectivity index (χ2n) is 6.68. The van der Waals surface area contributed by atoms with Crippen LogP contribution in [0.25, 0.3) is 22.8 Å². The van der Waals surface area contributed by atoms with Crippen LogP contribution in [0.2, 0.25) is 0 Å². The Bertz CT molecular complexity index is 953. The Morgan fingerprint density at radius 2 is 2.00 bits per heavy atom. The van der Waals surface area contributed by atoms with E-state index < -0.39 is 5.97 Å². The third kappa shape index (κ3) is 3.66. The summed E-state index contributed by atoms with van der Waals surface area (Å²) in [5.74, 6) is 1.28.